The van der Waals surface area contributed by atoms with E-state index in [0.717, 1.165) is 11.0 Å². The first-order chi connectivity index (χ1) is 7.97. The molecule has 0 aliphatic rings. The van der Waals surface area contributed by atoms with Crippen LogP contribution < -0.4 is 0 Å². The molecule has 1 unspecified atom stereocenters. The Bertz CT molecular complexity index is 435. The molecule has 92 valence electrons. The number of hydrogen-bond donors (Lipinski definition) is 2. The van der Waals surface area contributed by atoms with Crippen molar-refractivity contribution in [2.75, 3.05) is 13.7 Å². The van der Waals surface area contributed by atoms with E-state index in [4.69, 9.17) is 10.2 Å². The average molecular weight is 241 g/mol. The maximum Gasteiger partial charge on any atom is 0.328 e. The normalized spacial score (nSPS) is 11.9. The van der Waals surface area contributed by atoms with Crippen molar-refractivity contribution in [3.63, 3.8) is 0 Å². The Kier molecular flexibility index (Phi) is 4.17. The zero-order valence-corrected chi connectivity index (χ0v) is 9.13. The molecule has 1 aromatic carbocycles. The number of carboxylic acids is 1. The van der Waals surface area contributed by atoms with Gasteiger partial charge < -0.3 is 15.1 Å². The van der Waals surface area contributed by atoms with Crippen LogP contribution in [-0.4, -0.2) is 46.7 Å². The molecule has 17 heavy (non-hydrogen) atoms. The van der Waals surface area contributed by atoms with Gasteiger partial charge in [0, 0.05) is 12.6 Å². The fourth-order valence-corrected chi connectivity index (χ4v) is 1.33. The van der Waals surface area contributed by atoms with Crippen LogP contribution in [-0.2, 0) is 4.79 Å². The zero-order valence-electron chi connectivity index (χ0n) is 9.13. The summed E-state index contributed by atoms with van der Waals surface area (Å²) in [6, 6.07) is 3.57. The summed E-state index contributed by atoms with van der Waals surface area (Å²) in [7, 11) is 1.24. The summed E-state index contributed by atoms with van der Waals surface area (Å²) >= 11 is 0. The zero-order chi connectivity index (χ0) is 13.0. The summed E-state index contributed by atoms with van der Waals surface area (Å²) in [5.74, 6) is -2.56. The molecule has 0 fully saturated rings. The van der Waals surface area contributed by atoms with Crippen molar-refractivity contribution in [2.24, 2.45) is 0 Å². The predicted octanol–water partition coefficient (Wildman–Crippen LogP) is 0.343. The molecule has 5 nitrogen and oxygen atoms in total. The Hall–Kier alpha value is -1.95. The molecule has 0 aliphatic carbocycles. The van der Waals surface area contributed by atoms with Crippen molar-refractivity contribution in [3.05, 3.63) is 35.6 Å². The van der Waals surface area contributed by atoms with E-state index in [1.807, 2.05) is 0 Å². The second kappa shape index (κ2) is 5.40. The third-order valence-electron chi connectivity index (χ3n) is 2.32. The third kappa shape index (κ3) is 3.01. The molecule has 0 heterocycles. The highest BCUT2D eigenvalue weighted by Crippen LogP contribution is 2.09. The number of aliphatic carboxylic acids is 1. The van der Waals surface area contributed by atoms with Gasteiger partial charge in [-0.3, -0.25) is 4.79 Å². The van der Waals surface area contributed by atoms with Crippen LogP contribution in [0, 0.1) is 5.82 Å². The van der Waals surface area contributed by atoms with E-state index in [0.29, 0.717) is 0 Å². The van der Waals surface area contributed by atoms with Crippen molar-refractivity contribution in [3.8, 4) is 0 Å². The number of likely N-dealkylation sites (N-methyl/N-ethyl adjacent to an activating group) is 1. The lowest BCUT2D eigenvalue weighted by atomic mass is 10.1. The molecule has 0 aliphatic heterocycles. The minimum absolute atomic E-state index is 0.0344. The highest BCUT2D eigenvalue weighted by molar-refractivity contribution is 5.96. The summed E-state index contributed by atoms with van der Waals surface area (Å²) < 4.78 is 12.9. The smallest absolute Gasteiger partial charge is 0.328 e. The van der Waals surface area contributed by atoms with Crippen molar-refractivity contribution >= 4 is 11.9 Å². The number of benzene rings is 1. The first kappa shape index (κ1) is 13.1. The molecule has 0 saturated carbocycles. The SMILES string of the molecule is CN(C(=O)c1cccc(F)c1)C(CO)C(=O)O. The summed E-state index contributed by atoms with van der Waals surface area (Å²) in [5.41, 5.74) is 0.0344. The van der Waals surface area contributed by atoms with Crippen molar-refractivity contribution in [2.45, 2.75) is 6.04 Å². The van der Waals surface area contributed by atoms with Gasteiger partial charge in [-0.25, -0.2) is 9.18 Å². The molecular formula is C11H12FNO4. The summed E-state index contributed by atoms with van der Waals surface area (Å²) in [4.78, 5) is 23.4. The number of carbonyl (C=O) groups is 2. The number of nitrogens with zero attached hydrogens (tertiary/aromatic N) is 1. The van der Waals surface area contributed by atoms with Crippen LogP contribution in [0.5, 0.6) is 0 Å². The number of carboxylic acid groups (broad SMARTS) is 1. The van der Waals surface area contributed by atoms with Gasteiger partial charge in [-0.1, -0.05) is 6.07 Å². The largest absolute Gasteiger partial charge is 0.480 e. The average Bonchev–Trinajstić information content (AvgIpc) is 2.28. The van der Waals surface area contributed by atoms with Gasteiger partial charge in [0.05, 0.1) is 6.61 Å². The molecule has 1 atom stereocenters. The van der Waals surface area contributed by atoms with Gasteiger partial charge >= 0.3 is 5.97 Å². The maximum atomic E-state index is 12.9. The number of hydrogen-bond acceptors (Lipinski definition) is 3. The quantitative estimate of drug-likeness (QED) is 0.797. The highest BCUT2D eigenvalue weighted by Gasteiger charge is 2.26. The van der Waals surface area contributed by atoms with E-state index >= 15 is 0 Å². The number of carbonyl (C=O) groups excluding carboxylic acids is 1. The van der Waals surface area contributed by atoms with Crippen molar-refractivity contribution in [1.82, 2.24) is 4.90 Å². The Morgan fingerprint density at radius 1 is 1.47 bits per heavy atom. The van der Waals surface area contributed by atoms with Gasteiger partial charge in [-0.2, -0.15) is 0 Å². The van der Waals surface area contributed by atoms with E-state index in [1.54, 1.807) is 0 Å². The fraction of sp³-hybridized carbons (Fsp3) is 0.273. The molecular weight excluding hydrogens is 229 g/mol. The molecule has 0 radical (unpaired) electrons. The second-order valence-electron chi connectivity index (χ2n) is 3.46. The van der Waals surface area contributed by atoms with E-state index < -0.39 is 30.3 Å². The van der Waals surface area contributed by atoms with Crippen LogP contribution in [0.2, 0.25) is 0 Å². The van der Waals surface area contributed by atoms with Gasteiger partial charge in [-0.15, -0.1) is 0 Å². The van der Waals surface area contributed by atoms with Crippen molar-refractivity contribution in [1.29, 1.82) is 0 Å². The number of aliphatic hydroxyl groups excluding tert-OH is 1. The molecule has 0 saturated heterocycles. The van der Waals surface area contributed by atoms with Gasteiger partial charge in [0.2, 0.25) is 0 Å². The van der Waals surface area contributed by atoms with Crippen LogP contribution in [0.1, 0.15) is 10.4 Å². The van der Waals surface area contributed by atoms with Gasteiger partial charge in [0.1, 0.15) is 5.82 Å². The first-order valence-electron chi connectivity index (χ1n) is 4.83. The maximum absolute atomic E-state index is 12.9. The molecule has 0 spiro atoms. The van der Waals surface area contributed by atoms with Gasteiger partial charge in [-0.05, 0) is 18.2 Å². The number of halogens is 1. The molecule has 0 bridgehead atoms. The van der Waals surface area contributed by atoms with Crippen LogP contribution in [0.25, 0.3) is 0 Å². The van der Waals surface area contributed by atoms with E-state index in [-0.39, 0.29) is 5.56 Å². The minimum Gasteiger partial charge on any atom is -0.480 e. The molecule has 6 heteroatoms. The summed E-state index contributed by atoms with van der Waals surface area (Å²) in [5, 5.41) is 17.6. The monoisotopic (exact) mass is 241 g/mol. The highest BCUT2D eigenvalue weighted by atomic mass is 19.1. The Balaban J connectivity index is 2.93. The standard InChI is InChI=1S/C11H12FNO4/c1-13(9(6-14)11(16)17)10(15)7-3-2-4-8(12)5-7/h2-5,9,14H,6H2,1H3,(H,16,17). The van der Waals surface area contributed by atoms with Crippen LogP contribution in [0.15, 0.2) is 24.3 Å². The lowest BCUT2D eigenvalue weighted by Gasteiger charge is -2.23. The predicted molar refractivity (Wildman–Crippen MR) is 57.0 cm³/mol. The van der Waals surface area contributed by atoms with Gasteiger partial charge in [0.25, 0.3) is 5.91 Å². The van der Waals surface area contributed by atoms with E-state index in [1.165, 1.54) is 25.2 Å². The van der Waals surface area contributed by atoms with Crippen LogP contribution in [0.4, 0.5) is 4.39 Å². The number of aliphatic hydroxyl groups is 1. The summed E-state index contributed by atoms with van der Waals surface area (Å²) in [6.07, 6.45) is 0. The van der Waals surface area contributed by atoms with Crippen LogP contribution >= 0.6 is 0 Å². The third-order valence-corrected chi connectivity index (χ3v) is 2.32. The lowest BCUT2D eigenvalue weighted by Crippen LogP contribution is -2.44. The number of rotatable bonds is 4. The molecule has 0 aromatic heterocycles. The van der Waals surface area contributed by atoms with Gasteiger partial charge in [0.15, 0.2) is 6.04 Å². The second-order valence-corrected chi connectivity index (χ2v) is 3.46. The molecule has 2 N–H and O–H groups in total. The van der Waals surface area contributed by atoms with E-state index in [9.17, 15) is 14.0 Å². The molecule has 1 rings (SSSR count). The Labute approximate surface area is 97.1 Å². The van der Waals surface area contributed by atoms with E-state index in [2.05, 4.69) is 0 Å². The Morgan fingerprint density at radius 2 is 2.12 bits per heavy atom. The number of amides is 1. The Morgan fingerprint density at radius 3 is 2.59 bits per heavy atom. The fourth-order valence-electron chi connectivity index (χ4n) is 1.33. The topological polar surface area (TPSA) is 77.8 Å². The summed E-state index contributed by atoms with van der Waals surface area (Å²) in [6.45, 7) is -0.701. The molecule has 1 aromatic rings. The minimum atomic E-state index is -1.34. The molecule has 1 amide bonds. The van der Waals surface area contributed by atoms with Crippen molar-refractivity contribution < 1.29 is 24.2 Å². The van der Waals surface area contributed by atoms with Crippen LogP contribution in [0.3, 0.4) is 0 Å². The lowest BCUT2D eigenvalue weighted by molar-refractivity contribution is -0.143. The first-order valence-corrected chi connectivity index (χ1v) is 4.83.